The minimum Gasteiger partial charge on any atom is -0.325 e. The molecule has 3 nitrogen and oxygen atoms in total. The van der Waals surface area contributed by atoms with Crippen LogP contribution in [-0.4, -0.2) is 10.5 Å². The molecule has 0 aromatic carbocycles. The fourth-order valence-electron chi connectivity index (χ4n) is 1.28. The van der Waals surface area contributed by atoms with Crippen LogP contribution in [0, 0.1) is 3.57 Å². The van der Waals surface area contributed by atoms with Crippen LogP contribution in [0.3, 0.4) is 0 Å². The highest BCUT2D eigenvalue weighted by Crippen LogP contribution is 2.18. The van der Waals surface area contributed by atoms with Crippen LogP contribution in [-0.2, 0) is 0 Å². The van der Waals surface area contributed by atoms with Crippen LogP contribution in [0.5, 0.6) is 0 Å². The van der Waals surface area contributed by atoms with E-state index in [1.807, 2.05) is 32.2 Å². The van der Waals surface area contributed by atoms with Gasteiger partial charge in [0, 0.05) is 21.3 Å². The Balaban J connectivity index is 0.00000196. The van der Waals surface area contributed by atoms with Gasteiger partial charge in [0.1, 0.15) is 0 Å². The molecule has 0 saturated heterocycles. The van der Waals surface area contributed by atoms with Gasteiger partial charge < -0.3 is 11.5 Å². The lowest BCUT2D eigenvalue weighted by Gasteiger charge is -2.22. The van der Waals surface area contributed by atoms with Gasteiger partial charge in [0.2, 0.25) is 0 Å². The van der Waals surface area contributed by atoms with Gasteiger partial charge in [-0.25, -0.2) is 0 Å². The van der Waals surface area contributed by atoms with Crippen LogP contribution < -0.4 is 11.5 Å². The van der Waals surface area contributed by atoms with Gasteiger partial charge in [-0.15, -0.1) is 12.4 Å². The van der Waals surface area contributed by atoms with E-state index in [4.69, 9.17) is 11.5 Å². The zero-order valence-electron chi connectivity index (χ0n) is 8.90. The molecule has 1 aromatic heterocycles. The summed E-state index contributed by atoms with van der Waals surface area (Å²) in [6.45, 7) is 3.94. The quantitative estimate of drug-likeness (QED) is 0.829. The number of hydrogen-bond donors (Lipinski definition) is 2. The first kappa shape index (κ1) is 15.1. The van der Waals surface area contributed by atoms with Gasteiger partial charge in [0.05, 0.1) is 5.69 Å². The molecule has 1 unspecified atom stereocenters. The highest BCUT2D eigenvalue weighted by molar-refractivity contribution is 14.1. The maximum absolute atomic E-state index is 5.99. The van der Waals surface area contributed by atoms with E-state index in [0.29, 0.717) is 0 Å². The van der Waals surface area contributed by atoms with Gasteiger partial charge in [-0.1, -0.05) is 0 Å². The number of aromatic nitrogens is 1. The van der Waals surface area contributed by atoms with E-state index in [-0.39, 0.29) is 24.0 Å². The van der Waals surface area contributed by atoms with Crippen LogP contribution in [0.25, 0.3) is 0 Å². The lowest BCUT2D eigenvalue weighted by atomic mass is 9.95. The Bertz CT molecular complexity index is 295. The monoisotopic (exact) mass is 341 g/mol. The van der Waals surface area contributed by atoms with Crippen molar-refractivity contribution in [3.8, 4) is 0 Å². The molecule has 4 N–H and O–H groups in total. The molecule has 0 saturated carbocycles. The second kappa shape index (κ2) is 5.98. The minimum absolute atomic E-state index is 0. The number of hydrogen-bond acceptors (Lipinski definition) is 3. The van der Waals surface area contributed by atoms with E-state index < -0.39 is 0 Å². The maximum Gasteiger partial charge on any atom is 0.0572 e. The highest BCUT2D eigenvalue weighted by atomic mass is 127. The van der Waals surface area contributed by atoms with Gasteiger partial charge in [-0.2, -0.15) is 0 Å². The molecule has 0 radical (unpaired) electrons. The minimum atomic E-state index is -0.246. The van der Waals surface area contributed by atoms with Crippen molar-refractivity contribution in [3.05, 3.63) is 27.6 Å². The predicted molar refractivity (Wildman–Crippen MR) is 74.0 cm³/mol. The van der Waals surface area contributed by atoms with Crippen LogP contribution in [0.2, 0.25) is 0 Å². The molecule has 0 fully saturated rings. The normalized spacial score (nSPS) is 13.1. The molecule has 1 rings (SSSR count). The molecule has 86 valence electrons. The van der Waals surface area contributed by atoms with Crippen molar-refractivity contribution in [2.45, 2.75) is 31.8 Å². The van der Waals surface area contributed by atoms with E-state index in [1.165, 1.54) is 0 Å². The van der Waals surface area contributed by atoms with Crippen LogP contribution in [0.15, 0.2) is 18.3 Å². The van der Waals surface area contributed by atoms with Crippen molar-refractivity contribution < 1.29 is 0 Å². The van der Waals surface area contributed by atoms with Gasteiger partial charge in [-0.05, 0) is 55.0 Å². The van der Waals surface area contributed by atoms with Gasteiger partial charge >= 0.3 is 0 Å². The summed E-state index contributed by atoms with van der Waals surface area (Å²) >= 11 is 2.22. The lowest BCUT2D eigenvalue weighted by molar-refractivity contribution is 0.424. The number of halogens is 2. The Morgan fingerprint density at radius 3 is 2.47 bits per heavy atom. The largest absolute Gasteiger partial charge is 0.325 e. The maximum atomic E-state index is 5.99. The third kappa shape index (κ3) is 5.65. The summed E-state index contributed by atoms with van der Waals surface area (Å²) in [5.41, 5.74) is 12.5. The average molecular weight is 342 g/mol. The molecular weight excluding hydrogens is 324 g/mol. The average Bonchev–Trinajstić information content (AvgIpc) is 2.02. The van der Waals surface area contributed by atoms with E-state index in [0.717, 1.165) is 15.7 Å². The Labute approximate surface area is 111 Å². The molecule has 0 amide bonds. The van der Waals surface area contributed by atoms with Crippen LogP contribution >= 0.6 is 35.0 Å². The molecular formula is C10H17ClIN3. The Hall–Kier alpha value is 0.0900. The van der Waals surface area contributed by atoms with Crippen molar-refractivity contribution in [1.82, 2.24) is 4.98 Å². The second-order valence-corrected chi connectivity index (χ2v) is 5.45. The number of nitrogens with two attached hydrogens (primary N) is 2. The summed E-state index contributed by atoms with van der Waals surface area (Å²) in [4.78, 5) is 4.27. The van der Waals surface area contributed by atoms with E-state index >= 15 is 0 Å². The molecule has 0 aliphatic heterocycles. The molecule has 0 aliphatic rings. The van der Waals surface area contributed by atoms with E-state index in [2.05, 4.69) is 27.6 Å². The standard InChI is InChI=1S/C10H16IN3.ClH/c1-10(2,13)5-8(12)9-4-3-7(11)6-14-9;/h3-4,6,8H,5,12-13H2,1-2H3;1H. The summed E-state index contributed by atoms with van der Waals surface area (Å²) in [5, 5.41) is 0. The first-order valence-electron chi connectivity index (χ1n) is 4.54. The zero-order valence-corrected chi connectivity index (χ0v) is 11.9. The fourth-order valence-corrected chi connectivity index (χ4v) is 1.60. The number of nitrogens with zero attached hydrogens (tertiary/aromatic N) is 1. The summed E-state index contributed by atoms with van der Waals surface area (Å²) in [6.07, 6.45) is 2.56. The van der Waals surface area contributed by atoms with Crippen LogP contribution in [0.1, 0.15) is 32.0 Å². The van der Waals surface area contributed by atoms with Crippen molar-refractivity contribution in [1.29, 1.82) is 0 Å². The van der Waals surface area contributed by atoms with Crippen LogP contribution in [0.4, 0.5) is 0 Å². The zero-order chi connectivity index (χ0) is 10.8. The van der Waals surface area contributed by atoms with E-state index in [1.54, 1.807) is 0 Å². The molecule has 5 heteroatoms. The summed E-state index contributed by atoms with van der Waals surface area (Å²) in [6, 6.07) is 3.89. The third-order valence-electron chi connectivity index (χ3n) is 1.88. The lowest BCUT2D eigenvalue weighted by Crippen LogP contribution is -2.36. The predicted octanol–water partition coefficient (Wildman–Crippen LogP) is 2.24. The van der Waals surface area contributed by atoms with Crippen molar-refractivity contribution in [2.75, 3.05) is 0 Å². The number of rotatable bonds is 3. The SMILES string of the molecule is CC(C)(N)CC(N)c1ccc(I)cn1.Cl. The second-order valence-electron chi connectivity index (χ2n) is 4.20. The van der Waals surface area contributed by atoms with Crippen molar-refractivity contribution >= 4 is 35.0 Å². The summed E-state index contributed by atoms with van der Waals surface area (Å²) < 4.78 is 1.12. The molecule has 1 heterocycles. The molecule has 0 aliphatic carbocycles. The molecule has 0 bridgehead atoms. The molecule has 0 spiro atoms. The molecule has 1 aromatic rings. The summed E-state index contributed by atoms with van der Waals surface area (Å²) in [5.74, 6) is 0. The molecule has 15 heavy (non-hydrogen) atoms. The third-order valence-corrected chi connectivity index (χ3v) is 2.51. The topological polar surface area (TPSA) is 64.9 Å². The first-order chi connectivity index (χ1) is 6.38. The smallest absolute Gasteiger partial charge is 0.0572 e. The van der Waals surface area contributed by atoms with Crippen molar-refractivity contribution in [2.24, 2.45) is 11.5 Å². The Kier molecular flexibility index (Phi) is 6.02. The number of pyridine rings is 1. The van der Waals surface area contributed by atoms with Gasteiger partial charge in [0.25, 0.3) is 0 Å². The Morgan fingerprint density at radius 2 is 2.07 bits per heavy atom. The Morgan fingerprint density at radius 1 is 1.47 bits per heavy atom. The van der Waals surface area contributed by atoms with Crippen molar-refractivity contribution in [3.63, 3.8) is 0 Å². The fraction of sp³-hybridized carbons (Fsp3) is 0.500. The molecule has 1 atom stereocenters. The summed E-state index contributed by atoms with van der Waals surface area (Å²) in [7, 11) is 0. The van der Waals surface area contributed by atoms with Gasteiger partial charge in [-0.3, -0.25) is 4.98 Å². The highest BCUT2D eigenvalue weighted by Gasteiger charge is 2.17. The van der Waals surface area contributed by atoms with Gasteiger partial charge in [0.15, 0.2) is 0 Å². The first-order valence-corrected chi connectivity index (χ1v) is 5.62. The van der Waals surface area contributed by atoms with E-state index in [9.17, 15) is 0 Å².